The van der Waals surface area contributed by atoms with Crippen LogP contribution in [0.3, 0.4) is 0 Å². The SMILES string of the molecule is CC(C)Cc1cccc(C2CCC2)n1. The first kappa shape index (κ1) is 9.70. The molecule has 1 saturated carbocycles. The highest BCUT2D eigenvalue weighted by atomic mass is 14.7. The van der Waals surface area contributed by atoms with Crippen LogP contribution < -0.4 is 0 Å². The van der Waals surface area contributed by atoms with Crippen molar-refractivity contribution in [3.8, 4) is 0 Å². The zero-order chi connectivity index (χ0) is 9.97. The van der Waals surface area contributed by atoms with Gasteiger partial charge >= 0.3 is 0 Å². The Labute approximate surface area is 86.6 Å². The number of rotatable bonds is 3. The number of hydrogen-bond donors (Lipinski definition) is 0. The van der Waals surface area contributed by atoms with Gasteiger partial charge in [0.2, 0.25) is 0 Å². The molecule has 1 nitrogen and oxygen atoms in total. The average Bonchev–Trinajstić information content (AvgIpc) is 1.99. The monoisotopic (exact) mass is 189 g/mol. The van der Waals surface area contributed by atoms with Crippen molar-refractivity contribution >= 4 is 0 Å². The van der Waals surface area contributed by atoms with Crippen LogP contribution in [0.25, 0.3) is 0 Å². The summed E-state index contributed by atoms with van der Waals surface area (Å²) in [5.41, 5.74) is 2.60. The van der Waals surface area contributed by atoms with E-state index in [1.807, 2.05) is 0 Å². The molecule has 0 bridgehead atoms. The summed E-state index contributed by atoms with van der Waals surface area (Å²) in [4.78, 5) is 4.73. The Morgan fingerprint density at radius 3 is 2.71 bits per heavy atom. The first-order valence-electron chi connectivity index (χ1n) is 5.71. The van der Waals surface area contributed by atoms with Crippen molar-refractivity contribution in [2.45, 2.75) is 45.4 Å². The summed E-state index contributed by atoms with van der Waals surface area (Å²) in [6.07, 6.45) is 5.19. The molecule has 1 aliphatic rings. The van der Waals surface area contributed by atoms with Gasteiger partial charge in [-0.25, -0.2) is 0 Å². The summed E-state index contributed by atoms with van der Waals surface area (Å²) < 4.78 is 0. The Hall–Kier alpha value is -0.850. The van der Waals surface area contributed by atoms with E-state index in [-0.39, 0.29) is 0 Å². The molecule has 0 saturated heterocycles. The fourth-order valence-corrected chi connectivity index (χ4v) is 1.96. The van der Waals surface area contributed by atoms with Crippen LogP contribution in [-0.2, 0) is 6.42 Å². The Balaban J connectivity index is 2.09. The van der Waals surface area contributed by atoms with Gasteiger partial charge in [-0.15, -0.1) is 0 Å². The lowest BCUT2D eigenvalue weighted by Crippen LogP contribution is -2.11. The topological polar surface area (TPSA) is 12.9 Å². The molecule has 0 aromatic carbocycles. The zero-order valence-corrected chi connectivity index (χ0v) is 9.16. The molecule has 1 aromatic heterocycles. The van der Waals surface area contributed by atoms with E-state index in [9.17, 15) is 0 Å². The minimum atomic E-state index is 0.708. The summed E-state index contributed by atoms with van der Waals surface area (Å²) >= 11 is 0. The summed E-state index contributed by atoms with van der Waals surface area (Å²) in [6, 6.07) is 6.51. The van der Waals surface area contributed by atoms with Crippen LogP contribution in [0.15, 0.2) is 18.2 Å². The third-order valence-electron chi connectivity index (χ3n) is 2.97. The van der Waals surface area contributed by atoms with E-state index in [2.05, 4.69) is 32.0 Å². The van der Waals surface area contributed by atoms with E-state index in [0.29, 0.717) is 5.92 Å². The molecule has 0 spiro atoms. The first-order valence-corrected chi connectivity index (χ1v) is 5.71. The van der Waals surface area contributed by atoms with Crippen LogP contribution in [-0.4, -0.2) is 4.98 Å². The molecule has 1 heteroatoms. The van der Waals surface area contributed by atoms with Gasteiger partial charge in [0.25, 0.3) is 0 Å². The second-order valence-corrected chi connectivity index (χ2v) is 4.78. The number of nitrogens with zero attached hydrogens (tertiary/aromatic N) is 1. The second-order valence-electron chi connectivity index (χ2n) is 4.78. The van der Waals surface area contributed by atoms with Crippen molar-refractivity contribution in [2.75, 3.05) is 0 Å². The molecule has 14 heavy (non-hydrogen) atoms. The minimum absolute atomic E-state index is 0.708. The molecule has 0 amide bonds. The predicted molar refractivity (Wildman–Crippen MR) is 59.4 cm³/mol. The Bertz CT molecular complexity index is 300. The van der Waals surface area contributed by atoms with E-state index < -0.39 is 0 Å². The Kier molecular flexibility index (Phi) is 2.85. The van der Waals surface area contributed by atoms with Gasteiger partial charge in [0, 0.05) is 17.3 Å². The maximum Gasteiger partial charge on any atom is 0.0437 e. The third-order valence-corrected chi connectivity index (χ3v) is 2.97. The van der Waals surface area contributed by atoms with E-state index >= 15 is 0 Å². The fraction of sp³-hybridized carbons (Fsp3) is 0.615. The molecular formula is C13H19N. The highest BCUT2D eigenvalue weighted by Gasteiger charge is 2.20. The maximum atomic E-state index is 4.73. The molecule has 0 aliphatic heterocycles. The molecule has 2 rings (SSSR count). The number of aromatic nitrogens is 1. The van der Waals surface area contributed by atoms with Crippen LogP contribution in [0.2, 0.25) is 0 Å². The molecule has 76 valence electrons. The number of hydrogen-bond acceptors (Lipinski definition) is 1. The molecule has 1 heterocycles. The molecule has 1 fully saturated rings. The molecule has 0 radical (unpaired) electrons. The average molecular weight is 189 g/mol. The van der Waals surface area contributed by atoms with E-state index in [0.717, 1.165) is 12.3 Å². The largest absolute Gasteiger partial charge is 0.258 e. The highest BCUT2D eigenvalue weighted by molar-refractivity contribution is 5.16. The lowest BCUT2D eigenvalue weighted by molar-refractivity contribution is 0.410. The molecule has 0 unspecified atom stereocenters. The van der Waals surface area contributed by atoms with Crippen molar-refractivity contribution < 1.29 is 0 Å². The molecule has 1 aromatic rings. The molecule has 0 N–H and O–H groups in total. The van der Waals surface area contributed by atoms with Crippen LogP contribution in [0.4, 0.5) is 0 Å². The van der Waals surface area contributed by atoms with Crippen LogP contribution >= 0.6 is 0 Å². The van der Waals surface area contributed by atoms with Crippen molar-refractivity contribution in [3.05, 3.63) is 29.6 Å². The van der Waals surface area contributed by atoms with Crippen LogP contribution in [0, 0.1) is 5.92 Å². The van der Waals surface area contributed by atoms with Crippen molar-refractivity contribution in [1.82, 2.24) is 4.98 Å². The van der Waals surface area contributed by atoms with Crippen LogP contribution in [0.1, 0.15) is 50.4 Å². The standard InChI is InChI=1S/C13H19N/c1-10(2)9-12-7-4-8-13(14-12)11-5-3-6-11/h4,7-8,10-11H,3,5-6,9H2,1-2H3. The Morgan fingerprint density at radius 2 is 2.14 bits per heavy atom. The fourth-order valence-electron chi connectivity index (χ4n) is 1.96. The van der Waals surface area contributed by atoms with Gasteiger partial charge in [0.15, 0.2) is 0 Å². The number of pyridine rings is 1. The molecule has 1 aliphatic carbocycles. The van der Waals surface area contributed by atoms with Crippen molar-refractivity contribution in [1.29, 1.82) is 0 Å². The normalized spacial score (nSPS) is 17.1. The Morgan fingerprint density at radius 1 is 1.36 bits per heavy atom. The van der Waals surface area contributed by atoms with Crippen LogP contribution in [0.5, 0.6) is 0 Å². The quantitative estimate of drug-likeness (QED) is 0.708. The predicted octanol–water partition coefficient (Wildman–Crippen LogP) is 3.55. The summed E-state index contributed by atoms with van der Waals surface area (Å²) in [5.74, 6) is 1.47. The lowest BCUT2D eigenvalue weighted by Gasteiger charge is -2.25. The van der Waals surface area contributed by atoms with Gasteiger partial charge in [-0.05, 0) is 37.3 Å². The van der Waals surface area contributed by atoms with Gasteiger partial charge in [-0.1, -0.05) is 26.3 Å². The summed E-state index contributed by atoms with van der Waals surface area (Å²) in [7, 11) is 0. The smallest absolute Gasteiger partial charge is 0.0437 e. The second kappa shape index (κ2) is 4.12. The maximum absolute atomic E-state index is 4.73. The highest BCUT2D eigenvalue weighted by Crippen LogP contribution is 2.35. The van der Waals surface area contributed by atoms with Gasteiger partial charge in [-0.3, -0.25) is 4.98 Å². The summed E-state index contributed by atoms with van der Waals surface area (Å²) in [5, 5.41) is 0. The summed E-state index contributed by atoms with van der Waals surface area (Å²) in [6.45, 7) is 4.50. The van der Waals surface area contributed by atoms with E-state index in [4.69, 9.17) is 4.98 Å². The molecular weight excluding hydrogens is 170 g/mol. The van der Waals surface area contributed by atoms with Crippen molar-refractivity contribution in [3.63, 3.8) is 0 Å². The van der Waals surface area contributed by atoms with E-state index in [1.165, 1.54) is 30.7 Å². The van der Waals surface area contributed by atoms with Gasteiger partial charge in [-0.2, -0.15) is 0 Å². The third kappa shape index (κ3) is 2.14. The lowest BCUT2D eigenvalue weighted by atomic mass is 9.82. The van der Waals surface area contributed by atoms with Gasteiger partial charge in [0.05, 0.1) is 0 Å². The van der Waals surface area contributed by atoms with E-state index in [1.54, 1.807) is 0 Å². The minimum Gasteiger partial charge on any atom is -0.258 e. The first-order chi connectivity index (χ1) is 6.75. The van der Waals surface area contributed by atoms with Gasteiger partial charge in [0.1, 0.15) is 0 Å². The zero-order valence-electron chi connectivity index (χ0n) is 9.16. The molecule has 0 atom stereocenters. The van der Waals surface area contributed by atoms with Crippen molar-refractivity contribution in [2.24, 2.45) is 5.92 Å². The van der Waals surface area contributed by atoms with Gasteiger partial charge < -0.3 is 0 Å².